The minimum absolute atomic E-state index is 0.216. The monoisotopic (exact) mass is 296 g/mol. The largest absolute Gasteiger partial charge is 0.383 e. The number of anilines is 1. The molecule has 0 aromatic heterocycles. The van der Waals surface area contributed by atoms with Crippen LogP contribution in [0.15, 0.2) is 18.2 Å². The first-order chi connectivity index (χ1) is 9.45. The van der Waals surface area contributed by atoms with E-state index in [1.165, 1.54) is 12.7 Å². The van der Waals surface area contributed by atoms with Gasteiger partial charge in [0.15, 0.2) is 0 Å². The second-order valence-electron chi connectivity index (χ2n) is 5.00. The van der Waals surface area contributed by atoms with E-state index in [1.807, 2.05) is 30.8 Å². The summed E-state index contributed by atoms with van der Waals surface area (Å²) >= 11 is 1.88. The van der Waals surface area contributed by atoms with E-state index in [2.05, 4.69) is 25.2 Å². The zero-order valence-electron chi connectivity index (χ0n) is 12.6. The van der Waals surface area contributed by atoms with Gasteiger partial charge in [0.1, 0.15) is 6.04 Å². The van der Waals surface area contributed by atoms with Gasteiger partial charge in [-0.25, -0.2) is 0 Å². The van der Waals surface area contributed by atoms with E-state index in [0.717, 1.165) is 17.0 Å². The maximum Gasteiger partial charge on any atom is 0.243 e. The molecule has 0 radical (unpaired) electrons. The summed E-state index contributed by atoms with van der Waals surface area (Å²) in [5.41, 5.74) is 8.88. The molecule has 3 N–H and O–H groups in total. The molecule has 0 aliphatic carbocycles. The molecule has 20 heavy (non-hydrogen) atoms. The standard InChI is InChI=1S/C15H24N2O2S/c1-10(2)20-9-12-6-5-7-14(11(12)3)17-15(18)13(16)8-19-4/h5-7,10,13H,8-9,16H2,1-4H3,(H,17,18). The van der Waals surface area contributed by atoms with Crippen molar-refractivity contribution >= 4 is 23.4 Å². The molecular formula is C15H24N2O2S. The first-order valence-electron chi connectivity index (χ1n) is 6.71. The molecule has 1 aromatic carbocycles. The second-order valence-corrected chi connectivity index (χ2v) is 6.57. The SMILES string of the molecule is COCC(N)C(=O)Nc1cccc(CSC(C)C)c1C. The van der Waals surface area contributed by atoms with Crippen LogP contribution in [0.4, 0.5) is 5.69 Å². The van der Waals surface area contributed by atoms with Crippen LogP contribution in [0.25, 0.3) is 0 Å². The van der Waals surface area contributed by atoms with Crippen molar-refractivity contribution in [2.24, 2.45) is 5.73 Å². The van der Waals surface area contributed by atoms with Crippen molar-refractivity contribution < 1.29 is 9.53 Å². The number of carbonyl (C=O) groups excluding carboxylic acids is 1. The normalized spacial score (nSPS) is 12.5. The molecule has 4 nitrogen and oxygen atoms in total. The van der Waals surface area contributed by atoms with Crippen molar-refractivity contribution in [1.82, 2.24) is 0 Å². The average Bonchev–Trinajstić information content (AvgIpc) is 2.39. The fourth-order valence-electron chi connectivity index (χ4n) is 1.71. The van der Waals surface area contributed by atoms with Crippen LogP contribution >= 0.6 is 11.8 Å². The summed E-state index contributed by atoms with van der Waals surface area (Å²) in [6.45, 7) is 6.59. The second kappa shape index (κ2) is 8.29. The van der Waals surface area contributed by atoms with E-state index in [0.29, 0.717) is 5.25 Å². The number of carbonyl (C=O) groups is 1. The fourth-order valence-corrected chi connectivity index (χ4v) is 2.54. The summed E-state index contributed by atoms with van der Waals surface area (Å²) in [4.78, 5) is 11.9. The van der Waals surface area contributed by atoms with E-state index < -0.39 is 6.04 Å². The quantitative estimate of drug-likeness (QED) is 0.811. The summed E-state index contributed by atoms with van der Waals surface area (Å²) in [7, 11) is 1.53. The van der Waals surface area contributed by atoms with E-state index >= 15 is 0 Å². The molecule has 1 unspecified atom stereocenters. The minimum atomic E-state index is -0.645. The number of nitrogens with one attached hydrogen (secondary N) is 1. The number of hydrogen-bond donors (Lipinski definition) is 2. The van der Waals surface area contributed by atoms with Crippen LogP contribution in [0, 0.1) is 6.92 Å². The maximum absolute atomic E-state index is 11.9. The molecule has 0 saturated heterocycles. The Balaban J connectivity index is 2.76. The first kappa shape index (κ1) is 17.0. The zero-order valence-corrected chi connectivity index (χ0v) is 13.4. The Labute approximate surface area is 125 Å². The molecule has 1 aromatic rings. The minimum Gasteiger partial charge on any atom is -0.383 e. The van der Waals surface area contributed by atoms with Gasteiger partial charge >= 0.3 is 0 Å². The lowest BCUT2D eigenvalue weighted by Crippen LogP contribution is -2.39. The third-order valence-electron chi connectivity index (χ3n) is 2.96. The Kier molecular flexibility index (Phi) is 7.05. The van der Waals surface area contributed by atoms with Gasteiger partial charge in [-0.15, -0.1) is 0 Å². The Morgan fingerprint density at radius 3 is 2.75 bits per heavy atom. The number of amides is 1. The highest BCUT2D eigenvalue weighted by Gasteiger charge is 2.14. The number of nitrogens with two attached hydrogens (primary N) is 1. The van der Waals surface area contributed by atoms with Crippen molar-refractivity contribution in [3.8, 4) is 0 Å². The highest BCUT2D eigenvalue weighted by molar-refractivity contribution is 7.99. The summed E-state index contributed by atoms with van der Waals surface area (Å²) in [5, 5.41) is 3.46. The number of methoxy groups -OCH3 is 1. The van der Waals surface area contributed by atoms with Gasteiger partial charge in [-0.1, -0.05) is 26.0 Å². The molecular weight excluding hydrogens is 272 g/mol. The van der Waals surface area contributed by atoms with Gasteiger partial charge in [0.2, 0.25) is 5.91 Å². The summed E-state index contributed by atoms with van der Waals surface area (Å²) in [6.07, 6.45) is 0. The van der Waals surface area contributed by atoms with Gasteiger partial charge in [-0.05, 0) is 29.4 Å². The van der Waals surface area contributed by atoms with Crippen LogP contribution in [0.5, 0.6) is 0 Å². The van der Waals surface area contributed by atoms with E-state index in [-0.39, 0.29) is 12.5 Å². The van der Waals surface area contributed by atoms with Crippen LogP contribution in [-0.4, -0.2) is 30.9 Å². The molecule has 0 spiro atoms. The van der Waals surface area contributed by atoms with Gasteiger partial charge in [0, 0.05) is 18.6 Å². The smallest absolute Gasteiger partial charge is 0.243 e. The Morgan fingerprint density at radius 2 is 2.15 bits per heavy atom. The van der Waals surface area contributed by atoms with Crippen molar-refractivity contribution in [1.29, 1.82) is 0 Å². The number of hydrogen-bond acceptors (Lipinski definition) is 4. The van der Waals surface area contributed by atoms with E-state index in [9.17, 15) is 4.79 Å². The average molecular weight is 296 g/mol. The zero-order chi connectivity index (χ0) is 15.1. The lowest BCUT2D eigenvalue weighted by molar-refractivity contribution is -0.118. The van der Waals surface area contributed by atoms with Gasteiger partial charge in [0.25, 0.3) is 0 Å². The van der Waals surface area contributed by atoms with Crippen molar-refractivity contribution in [3.63, 3.8) is 0 Å². The number of rotatable bonds is 7. The third-order valence-corrected chi connectivity index (χ3v) is 4.10. The molecule has 0 bridgehead atoms. The summed E-state index contributed by atoms with van der Waals surface area (Å²) in [6, 6.07) is 5.31. The first-order valence-corrected chi connectivity index (χ1v) is 7.76. The number of thioether (sulfide) groups is 1. The molecule has 5 heteroatoms. The number of benzene rings is 1. The van der Waals surface area contributed by atoms with Crippen molar-refractivity contribution in [2.45, 2.75) is 37.8 Å². The van der Waals surface area contributed by atoms with Gasteiger partial charge in [-0.2, -0.15) is 11.8 Å². The highest BCUT2D eigenvalue weighted by atomic mass is 32.2. The molecule has 0 fully saturated rings. The maximum atomic E-state index is 11.9. The molecule has 0 aliphatic rings. The molecule has 0 saturated carbocycles. The van der Waals surface area contributed by atoms with E-state index in [1.54, 1.807) is 0 Å². The van der Waals surface area contributed by atoms with Crippen LogP contribution < -0.4 is 11.1 Å². The van der Waals surface area contributed by atoms with Gasteiger partial charge in [-0.3, -0.25) is 4.79 Å². The molecule has 0 heterocycles. The van der Waals surface area contributed by atoms with Crippen molar-refractivity contribution in [3.05, 3.63) is 29.3 Å². The van der Waals surface area contributed by atoms with Crippen molar-refractivity contribution in [2.75, 3.05) is 19.0 Å². The molecule has 1 atom stereocenters. The molecule has 1 rings (SSSR count). The van der Waals surface area contributed by atoms with Gasteiger partial charge in [0.05, 0.1) is 6.61 Å². The summed E-state index contributed by atoms with van der Waals surface area (Å²) in [5.74, 6) is 0.723. The van der Waals surface area contributed by atoms with Crippen LogP contribution in [0.1, 0.15) is 25.0 Å². The van der Waals surface area contributed by atoms with Crippen LogP contribution in [0.2, 0.25) is 0 Å². The van der Waals surface area contributed by atoms with Gasteiger partial charge < -0.3 is 15.8 Å². The summed E-state index contributed by atoms with van der Waals surface area (Å²) < 4.78 is 4.89. The Morgan fingerprint density at radius 1 is 1.45 bits per heavy atom. The predicted octanol–water partition coefficient (Wildman–Crippen LogP) is 2.55. The number of ether oxygens (including phenoxy) is 1. The fraction of sp³-hybridized carbons (Fsp3) is 0.533. The van der Waals surface area contributed by atoms with E-state index in [4.69, 9.17) is 10.5 Å². The topological polar surface area (TPSA) is 64.3 Å². The highest BCUT2D eigenvalue weighted by Crippen LogP contribution is 2.24. The Hall–Kier alpha value is -1.04. The lowest BCUT2D eigenvalue weighted by Gasteiger charge is -2.15. The molecule has 1 amide bonds. The van der Waals surface area contributed by atoms with Crippen LogP contribution in [0.3, 0.4) is 0 Å². The van der Waals surface area contributed by atoms with Crippen LogP contribution in [-0.2, 0) is 15.3 Å². The molecule has 0 aliphatic heterocycles. The predicted molar refractivity (Wildman–Crippen MR) is 86.1 cm³/mol. The third kappa shape index (κ3) is 5.15. The Bertz CT molecular complexity index is 449. The lowest BCUT2D eigenvalue weighted by atomic mass is 10.1. The molecule has 112 valence electrons.